The van der Waals surface area contributed by atoms with Crippen LogP contribution in [0.5, 0.6) is 5.75 Å². The van der Waals surface area contributed by atoms with Crippen molar-refractivity contribution < 1.29 is 9.13 Å². The Balaban J connectivity index is 2.83. The highest BCUT2D eigenvalue weighted by Crippen LogP contribution is 2.32. The molecule has 0 amide bonds. The highest BCUT2D eigenvalue weighted by molar-refractivity contribution is 6.36. The third kappa shape index (κ3) is 1.95. The second-order valence-electron chi connectivity index (χ2n) is 3.85. The van der Waals surface area contributed by atoms with Crippen molar-refractivity contribution in [2.75, 3.05) is 7.11 Å². The Hall–Kier alpha value is -1.35. The molecule has 4 heteroatoms. The van der Waals surface area contributed by atoms with Crippen LogP contribution in [0.15, 0.2) is 12.1 Å². The van der Waals surface area contributed by atoms with Gasteiger partial charge in [-0.2, -0.15) is 0 Å². The lowest BCUT2D eigenvalue weighted by Gasteiger charge is -2.10. The van der Waals surface area contributed by atoms with Gasteiger partial charge in [0, 0.05) is 17.1 Å². The second kappa shape index (κ2) is 4.49. The Morgan fingerprint density at radius 2 is 2.12 bits per heavy atom. The number of methoxy groups -OCH3 is 1. The number of pyridine rings is 1. The fourth-order valence-electron chi connectivity index (χ4n) is 1.95. The number of aromatic nitrogens is 1. The van der Waals surface area contributed by atoms with Gasteiger partial charge in [0.15, 0.2) is 11.6 Å². The predicted octanol–water partition coefficient (Wildman–Crippen LogP) is 3.91. The number of benzene rings is 1. The summed E-state index contributed by atoms with van der Waals surface area (Å²) in [4.78, 5) is 4.36. The zero-order valence-corrected chi connectivity index (χ0v) is 10.7. The summed E-state index contributed by atoms with van der Waals surface area (Å²) in [5.74, 6) is -0.237. The van der Waals surface area contributed by atoms with E-state index in [-0.39, 0.29) is 5.75 Å². The highest BCUT2D eigenvalue weighted by Gasteiger charge is 2.13. The molecule has 0 radical (unpaired) electrons. The SMILES string of the molecule is CCc1c(C)nc2cc(F)c(OC)cc2c1Cl. The Bertz CT molecular complexity index is 578. The van der Waals surface area contributed by atoms with Crippen molar-refractivity contribution >= 4 is 22.5 Å². The molecule has 0 atom stereocenters. The largest absolute Gasteiger partial charge is 0.494 e. The van der Waals surface area contributed by atoms with E-state index in [0.717, 1.165) is 23.1 Å². The van der Waals surface area contributed by atoms with Crippen molar-refractivity contribution in [2.45, 2.75) is 20.3 Å². The van der Waals surface area contributed by atoms with E-state index in [1.54, 1.807) is 6.07 Å². The fourth-order valence-corrected chi connectivity index (χ4v) is 2.37. The summed E-state index contributed by atoms with van der Waals surface area (Å²) in [5.41, 5.74) is 2.39. The van der Waals surface area contributed by atoms with Crippen LogP contribution in [0.2, 0.25) is 5.02 Å². The number of ether oxygens (including phenoxy) is 1. The van der Waals surface area contributed by atoms with Crippen LogP contribution >= 0.6 is 11.6 Å². The summed E-state index contributed by atoms with van der Waals surface area (Å²) in [5, 5.41) is 1.36. The average Bonchev–Trinajstić information content (AvgIpc) is 2.29. The lowest BCUT2D eigenvalue weighted by Crippen LogP contribution is -1.96. The average molecular weight is 254 g/mol. The van der Waals surface area contributed by atoms with Crippen molar-refractivity contribution in [1.29, 1.82) is 0 Å². The van der Waals surface area contributed by atoms with Crippen molar-refractivity contribution in [3.05, 3.63) is 34.2 Å². The van der Waals surface area contributed by atoms with Gasteiger partial charge in [0.05, 0.1) is 17.6 Å². The second-order valence-corrected chi connectivity index (χ2v) is 4.23. The van der Waals surface area contributed by atoms with E-state index >= 15 is 0 Å². The van der Waals surface area contributed by atoms with Crippen molar-refractivity contribution in [3.8, 4) is 5.75 Å². The van der Waals surface area contributed by atoms with Gasteiger partial charge in [-0.1, -0.05) is 18.5 Å². The molecular weight excluding hydrogens is 241 g/mol. The number of halogens is 2. The van der Waals surface area contributed by atoms with Gasteiger partial charge in [0.2, 0.25) is 0 Å². The maximum absolute atomic E-state index is 13.6. The molecule has 0 bridgehead atoms. The molecule has 90 valence electrons. The van der Waals surface area contributed by atoms with Crippen LogP contribution < -0.4 is 4.74 Å². The van der Waals surface area contributed by atoms with Gasteiger partial charge >= 0.3 is 0 Å². The topological polar surface area (TPSA) is 22.1 Å². The molecule has 17 heavy (non-hydrogen) atoms. The summed E-state index contributed by atoms with van der Waals surface area (Å²) < 4.78 is 18.5. The summed E-state index contributed by atoms with van der Waals surface area (Å²) >= 11 is 6.31. The van der Waals surface area contributed by atoms with Crippen LogP contribution in [0, 0.1) is 12.7 Å². The van der Waals surface area contributed by atoms with E-state index in [1.807, 2.05) is 13.8 Å². The van der Waals surface area contributed by atoms with E-state index in [0.29, 0.717) is 10.5 Å². The molecule has 2 aromatic rings. The van der Waals surface area contributed by atoms with E-state index < -0.39 is 5.82 Å². The molecule has 0 fully saturated rings. The van der Waals surface area contributed by atoms with E-state index in [2.05, 4.69) is 4.98 Å². The van der Waals surface area contributed by atoms with Crippen LogP contribution in [0.3, 0.4) is 0 Å². The Labute approximate surface area is 104 Å². The van der Waals surface area contributed by atoms with Crippen molar-refractivity contribution in [1.82, 2.24) is 4.98 Å². The normalized spacial score (nSPS) is 10.9. The van der Waals surface area contributed by atoms with E-state index in [1.165, 1.54) is 13.2 Å². The van der Waals surface area contributed by atoms with Gasteiger partial charge < -0.3 is 4.74 Å². The van der Waals surface area contributed by atoms with E-state index in [9.17, 15) is 4.39 Å². The molecule has 2 rings (SSSR count). The molecule has 0 saturated heterocycles. The first-order valence-electron chi connectivity index (χ1n) is 5.40. The summed E-state index contributed by atoms with van der Waals surface area (Å²) in [7, 11) is 1.43. The number of fused-ring (bicyclic) bond motifs is 1. The molecule has 0 saturated carbocycles. The highest BCUT2D eigenvalue weighted by atomic mass is 35.5. The molecule has 2 nitrogen and oxygen atoms in total. The number of hydrogen-bond donors (Lipinski definition) is 0. The fraction of sp³-hybridized carbons (Fsp3) is 0.308. The lowest BCUT2D eigenvalue weighted by molar-refractivity contribution is 0.387. The Kier molecular flexibility index (Phi) is 3.20. The molecule has 0 spiro atoms. The van der Waals surface area contributed by atoms with Crippen molar-refractivity contribution in [2.24, 2.45) is 0 Å². The molecule has 0 aliphatic rings. The molecule has 1 aromatic heterocycles. The smallest absolute Gasteiger partial charge is 0.167 e. The van der Waals surface area contributed by atoms with Gasteiger partial charge in [0.1, 0.15) is 0 Å². The number of hydrogen-bond acceptors (Lipinski definition) is 2. The molecule has 0 N–H and O–H groups in total. The van der Waals surface area contributed by atoms with Gasteiger partial charge in [-0.3, -0.25) is 4.98 Å². The lowest BCUT2D eigenvalue weighted by atomic mass is 10.1. The first-order valence-corrected chi connectivity index (χ1v) is 5.78. The van der Waals surface area contributed by atoms with Crippen LogP contribution in [0.4, 0.5) is 4.39 Å². The molecule has 0 aliphatic carbocycles. The van der Waals surface area contributed by atoms with Crippen LogP contribution in [-0.2, 0) is 6.42 Å². The molecule has 1 heterocycles. The monoisotopic (exact) mass is 253 g/mol. The molecule has 0 unspecified atom stereocenters. The van der Waals surface area contributed by atoms with Crippen LogP contribution in [0.25, 0.3) is 10.9 Å². The minimum atomic E-state index is -0.424. The Morgan fingerprint density at radius 3 is 2.71 bits per heavy atom. The Morgan fingerprint density at radius 1 is 1.41 bits per heavy atom. The standard InChI is InChI=1S/C13H13ClFNO/c1-4-8-7(2)16-11-6-10(15)12(17-3)5-9(11)13(8)14/h5-6H,4H2,1-3H3. The quantitative estimate of drug-likeness (QED) is 0.810. The van der Waals surface area contributed by atoms with Gasteiger partial charge in [-0.15, -0.1) is 0 Å². The summed E-state index contributed by atoms with van der Waals surface area (Å²) in [6.07, 6.45) is 0.799. The number of nitrogens with zero attached hydrogens (tertiary/aromatic N) is 1. The molecule has 1 aromatic carbocycles. The zero-order valence-electron chi connectivity index (χ0n) is 9.97. The third-order valence-corrected chi connectivity index (χ3v) is 3.28. The summed E-state index contributed by atoms with van der Waals surface area (Å²) in [6, 6.07) is 2.95. The first-order chi connectivity index (χ1) is 8.08. The van der Waals surface area contributed by atoms with Gasteiger partial charge in [-0.05, 0) is 25.0 Å². The van der Waals surface area contributed by atoms with Crippen LogP contribution in [0.1, 0.15) is 18.2 Å². The maximum Gasteiger partial charge on any atom is 0.167 e. The zero-order chi connectivity index (χ0) is 12.6. The predicted molar refractivity (Wildman–Crippen MR) is 67.4 cm³/mol. The van der Waals surface area contributed by atoms with Crippen LogP contribution in [-0.4, -0.2) is 12.1 Å². The summed E-state index contributed by atoms with van der Waals surface area (Å²) in [6.45, 7) is 3.90. The van der Waals surface area contributed by atoms with Gasteiger partial charge in [-0.25, -0.2) is 4.39 Å². The minimum Gasteiger partial charge on any atom is -0.494 e. The minimum absolute atomic E-state index is 0.187. The molecule has 0 aliphatic heterocycles. The van der Waals surface area contributed by atoms with E-state index in [4.69, 9.17) is 16.3 Å². The first kappa shape index (κ1) is 12.1. The third-order valence-electron chi connectivity index (χ3n) is 2.85. The maximum atomic E-state index is 13.6. The van der Waals surface area contributed by atoms with Gasteiger partial charge in [0.25, 0.3) is 0 Å². The molecular formula is C13H13ClFNO. The number of rotatable bonds is 2. The number of aryl methyl sites for hydroxylation is 1. The van der Waals surface area contributed by atoms with Crippen molar-refractivity contribution in [3.63, 3.8) is 0 Å².